The van der Waals surface area contributed by atoms with Gasteiger partial charge < -0.3 is 15.4 Å². The normalized spacial score (nSPS) is 33.5. The summed E-state index contributed by atoms with van der Waals surface area (Å²) in [5.74, 6) is 0.479. The lowest BCUT2D eigenvalue weighted by Crippen LogP contribution is -2.68. The van der Waals surface area contributed by atoms with Gasteiger partial charge in [0.15, 0.2) is 0 Å². The minimum absolute atomic E-state index is 0.0297. The van der Waals surface area contributed by atoms with Crippen molar-refractivity contribution in [3.05, 3.63) is 35.9 Å². The van der Waals surface area contributed by atoms with Crippen molar-refractivity contribution in [3.63, 3.8) is 0 Å². The molecule has 3 atom stereocenters. The zero-order valence-electron chi connectivity index (χ0n) is 13.3. The summed E-state index contributed by atoms with van der Waals surface area (Å²) in [5, 5.41) is 6.42. The lowest BCUT2D eigenvalue weighted by molar-refractivity contribution is -0.108. The first-order chi connectivity index (χ1) is 10.5. The molecule has 1 heterocycles. The van der Waals surface area contributed by atoms with Crippen molar-refractivity contribution in [1.29, 1.82) is 0 Å². The van der Waals surface area contributed by atoms with Gasteiger partial charge in [-0.15, -0.1) is 0 Å². The van der Waals surface area contributed by atoms with Gasteiger partial charge in [-0.05, 0) is 24.8 Å². The highest BCUT2D eigenvalue weighted by Crippen LogP contribution is 2.52. The molecule has 1 aromatic rings. The molecule has 2 N–H and O–H groups in total. The molecule has 118 valence electrons. The second-order valence-electron chi connectivity index (χ2n) is 7.59. The molecule has 4 nitrogen and oxygen atoms in total. The Morgan fingerprint density at radius 3 is 2.64 bits per heavy atom. The summed E-state index contributed by atoms with van der Waals surface area (Å²) in [7, 11) is 0. The van der Waals surface area contributed by atoms with Crippen LogP contribution < -0.4 is 10.6 Å². The van der Waals surface area contributed by atoms with Crippen LogP contribution in [-0.2, 0) is 10.3 Å². The first kappa shape index (κ1) is 14.1. The van der Waals surface area contributed by atoms with Gasteiger partial charge in [0.25, 0.3) is 0 Å². The maximum atomic E-state index is 12.5. The van der Waals surface area contributed by atoms with Crippen LogP contribution in [0.25, 0.3) is 0 Å². The van der Waals surface area contributed by atoms with Gasteiger partial charge in [0.2, 0.25) is 0 Å². The Morgan fingerprint density at radius 2 is 1.95 bits per heavy atom. The summed E-state index contributed by atoms with van der Waals surface area (Å²) in [6.07, 6.45) is 3.41. The monoisotopic (exact) mass is 300 g/mol. The largest absolute Gasteiger partial charge is 0.377 e. The van der Waals surface area contributed by atoms with Gasteiger partial charge in [-0.25, -0.2) is 4.79 Å². The van der Waals surface area contributed by atoms with Crippen molar-refractivity contribution in [2.45, 2.75) is 50.8 Å². The minimum Gasteiger partial charge on any atom is -0.377 e. The fourth-order valence-electron chi connectivity index (χ4n) is 4.38. The summed E-state index contributed by atoms with van der Waals surface area (Å²) in [6.45, 7) is 5.20. The second-order valence-corrected chi connectivity index (χ2v) is 7.59. The molecule has 1 saturated heterocycles. The van der Waals surface area contributed by atoms with E-state index in [1.807, 2.05) is 18.2 Å². The highest BCUT2D eigenvalue weighted by Gasteiger charge is 2.60. The van der Waals surface area contributed by atoms with Gasteiger partial charge >= 0.3 is 6.03 Å². The highest BCUT2D eigenvalue weighted by atomic mass is 16.5. The number of rotatable bonds is 3. The van der Waals surface area contributed by atoms with Crippen LogP contribution >= 0.6 is 0 Å². The number of carbonyl (C=O) groups is 1. The summed E-state index contributed by atoms with van der Waals surface area (Å²) in [4.78, 5) is 12.5. The van der Waals surface area contributed by atoms with Gasteiger partial charge in [0.1, 0.15) is 0 Å². The van der Waals surface area contributed by atoms with E-state index in [0.29, 0.717) is 12.0 Å². The summed E-state index contributed by atoms with van der Waals surface area (Å²) in [6, 6.07) is 10.4. The Kier molecular flexibility index (Phi) is 3.02. The molecule has 1 aromatic carbocycles. The van der Waals surface area contributed by atoms with E-state index in [2.05, 4.69) is 36.6 Å². The smallest absolute Gasteiger partial charge is 0.315 e. The molecule has 4 heteroatoms. The average molecular weight is 300 g/mol. The fourth-order valence-corrected chi connectivity index (χ4v) is 4.38. The first-order valence-corrected chi connectivity index (χ1v) is 8.29. The zero-order chi connectivity index (χ0) is 15.4. The summed E-state index contributed by atoms with van der Waals surface area (Å²) < 4.78 is 5.79. The van der Waals surface area contributed by atoms with Gasteiger partial charge in [0.05, 0.1) is 11.6 Å². The molecule has 0 radical (unpaired) electrons. The molecule has 1 aliphatic heterocycles. The predicted octanol–water partition coefficient (Wildman–Crippen LogP) is 2.79. The van der Waals surface area contributed by atoms with Crippen LogP contribution in [0.5, 0.6) is 0 Å². The fraction of sp³-hybridized carbons (Fsp3) is 0.611. The predicted molar refractivity (Wildman–Crippen MR) is 84.4 cm³/mol. The van der Waals surface area contributed by atoms with Gasteiger partial charge in [0, 0.05) is 24.0 Å². The average Bonchev–Trinajstić information content (AvgIpc) is 3.14. The lowest BCUT2D eigenvalue weighted by atomic mass is 9.57. The van der Waals surface area contributed by atoms with Crippen LogP contribution in [0.1, 0.15) is 38.7 Å². The molecule has 0 spiro atoms. The molecule has 0 unspecified atom stereocenters. The number of amides is 2. The van der Waals surface area contributed by atoms with Crippen LogP contribution in [0.2, 0.25) is 0 Å². The van der Waals surface area contributed by atoms with Gasteiger partial charge in [-0.1, -0.05) is 44.2 Å². The third kappa shape index (κ3) is 2.04. The van der Waals surface area contributed by atoms with E-state index in [-0.39, 0.29) is 23.0 Å². The topological polar surface area (TPSA) is 50.4 Å². The lowest BCUT2D eigenvalue weighted by Gasteiger charge is -2.54. The molecule has 3 fully saturated rings. The van der Waals surface area contributed by atoms with Crippen LogP contribution in [0, 0.1) is 11.3 Å². The summed E-state index contributed by atoms with van der Waals surface area (Å²) >= 11 is 0. The number of ether oxygens (including phenoxy) is 1. The number of carbonyl (C=O) groups excluding carboxylic acids is 1. The third-order valence-corrected chi connectivity index (χ3v) is 5.82. The molecule has 2 aliphatic carbocycles. The van der Waals surface area contributed by atoms with Crippen molar-refractivity contribution < 1.29 is 9.53 Å². The molecule has 22 heavy (non-hydrogen) atoms. The molecule has 2 amide bonds. The number of nitrogens with one attached hydrogen (secondary N) is 2. The quantitative estimate of drug-likeness (QED) is 0.902. The molecule has 0 bridgehead atoms. The molecular formula is C18H24N2O2. The van der Waals surface area contributed by atoms with Crippen LogP contribution in [0.3, 0.4) is 0 Å². The van der Waals surface area contributed by atoms with Crippen molar-refractivity contribution >= 4 is 6.03 Å². The van der Waals surface area contributed by atoms with E-state index in [1.54, 1.807) is 0 Å². The number of urea groups is 1. The summed E-state index contributed by atoms with van der Waals surface area (Å²) in [5.41, 5.74) is 1.09. The Labute approximate surface area is 131 Å². The Hall–Kier alpha value is -1.55. The number of hydrogen-bond acceptors (Lipinski definition) is 2. The van der Waals surface area contributed by atoms with Crippen molar-refractivity contribution in [3.8, 4) is 0 Å². The maximum absolute atomic E-state index is 12.5. The Bertz CT molecular complexity index is 580. The molecule has 3 aliphatic rings. The number of fused-ring (bicyclic) bond motifs is 1. The van der Waals surface area contributed by atoms with E-state index in [1.165, 1.54) is 5.56 Å². The van der Waals surface area contributed by atoms with Crippen LogP contribution in [0.4, 0.5) is 4.79 Å². The molecular weight excluding hydrogens is 276 g/mol. The van der Waals surface area contributed by atoms with E-state index in [0.717, 1.165) is 25.9 Å². The van der Waals surface area contributed by atoms with Crippen molar-refractivity contribution in [2.75, 3.05) is 6.61 Å². The Morgan fingerprint density at radius 1 is 1.23 bits per heavy atom. The van der Waals surface area contributed by atoms with E-state index in [9.17, 15) is 4.79 Å². The van der Waals surface area contributed by atoms with Crippen LogP contribution in [0.15, 0.2) is 30.3 Å². The second kappa shape index (κ2) is 4.72. The van der Waals surface area contributed by atoms with E-state index in [4.69, 9.17) is 4.74 Å². The van der Waals surface area contributed by atoms with E-state index < -0.39 is 0 Å². The highest BCUT2D eigenvalue weighted by molar-refractivity contribution is 5.76. The van der Waals surface area contributed by atoms with Crippen molar-refractivity contribution in [2.24, 2.45) is 11.3 Å². The molecule has 4 rings (SSSR count). The molecule has 0 aromatic heterocycles. The Balaban J connectivity index is 1.42. The standard InChI is InChI=1S/C18H24N2O2/c1-17(2)14(13-8-11-22-15(13)17)19-16(21)20-18(9-10-18)12-6-4-3-5-7-12/h3-7,13-15H,8-11H2,1-2H3,(H2,19,20,21)/t13-,14-,15+/m1/s1. The maximum Gasteiger partial charge on any atom is 0.315 e. The zero-order valence-corrected chi connectivity index (χ0v) is 13.3. The van der Waals surface area contributed by atoms with Gasteiger partial charge in [-0.2, -0.15) is 0 Å². The van der Waals surface area contributed by atoms with Crippen LogP contribution in [-0.4, -0.2) is 24.8 Å². The van der Waals surface area contributed by atoms with Crippen molar-refractivity contribution in [1.82, 2.24) is 10.6 Å². The number of benzene rings is 1. The SMILES string of the molecule is CC1(C)[C@H](NC(=O)NC2(c3ccccc3)CC2)[C@H]2CCO[C@@H]21. The minimum atomic E-state index is -0.148. The van der Waals surface area contributed by atoms with Gasteiger partial charge in [-0.3, -0.25) is 0 Å². The first-order valence-electron chi connectivity index (χ1n) is 8.29. The molecule has 2 saturated carbocycles. The number of hydrogen-bond donors (Lipinski definition) is 2. The third-order valence-electron chi connectivity index (χ3n) is 5.82. The van der Waals surface area contributed by atoms with E-state index >= 15 is 0 Å².